The second kappa shape index (κ2) is 5.99. The van der Waals surface area contributed by atoms with E-state index in [1.807, 2.05) is 18.2 Å². The SMILES string of the molecule is OC1CCNC(COCc2ccccc2)C1. The van der Waals surface area contributed by atoms with Gasteiger partial charge >= 0.3 is 0 Å². The van der Waals surface area contributed by atoms with Gasteiger partial charge in [0.15, 0.2) is 0 Å². The lowest BCUT2D eigenvalue weighted by Gasteiger charge is -2.27. The molecule has 1 aromatic rings. The van der Waals surface area contributed by atoms with Gasteiger partial charge < -0.3 is 15.2 Å². The minimum Gasteiger partial charge on any atom is -0.393 e. The summed E-state index contributed by atoms with van der Waals surface area (Å²) in [7, 11) is 0. The predicted molar refractivity (Wildman–Crippen MR) is 63.1 cm³/mol. The number of nitrogens with one attached hydrogen (secondary N) is 1. The first-order valence-electron chi connectivity index (χ1n) is 5.88. The monoisotopic (exact) mass is 221 g/mol. The summed E-state index contributed by atoms with van der Waals surface area (Å²) >= 11 is 0. The maximum absolute atomic E-state index is 9.50. The first-order valence-corrected chi connectivity index (χ1v) is 5.88. The van der Waals surface area contributed by atoms with Crippen LogP contribution in [-0.4, -0.2) is 30.4 Å². The first kappa shape index (κ1) is 11.6. The lowest BCUT2D eigenvalue weighted by Crippen LogP contribution is -2.42. The highest BCUT2D eigenvalue weighted by molar-refractivity contribution is 5.13. The van der Waals surface area contributed by atoms with Crippen LogP contribution in [0.2, 0.25) is 0 Å². The highest BCUT2D eigenvalue weighted by Crippen LogP contribution is 2.09. The maximum atomic E-state index is 9.50. The maximum Gasteiger partial charge on any atom is 0.0717 e. The zero-order valence-corrected chi connectivity index (χ0v) is 9.43. The molecule has 2 N–H and O–H groups in total. The zero-order valence-electron chi connectivity index (χ0n) is 9.43. The Hall–Kier alpha value is -0.900. The molecule has 0 bridgehead atoms. The fourth-order valence-electron chi connectivity index (χ4n) is 2.00. The molecule has 1 heterocycles. The van der Waals surface area contributed by atoms with Gasteiger partial charge in [-0.3, -0.25) is 0 Å². The van der Waals surface area contributed by atoms with Gasteiger partial charge in [-0.05, 0) is 24.9 Å². The summed E-state index contributed by atoms with van der Waals surface area (Å²) in [5.41, 5.74) is 1.19. The van der Waals surface area contributed by atoms with Crippen LogP contribution in [0.25, 0.3) is 0 Å². The molecule has 2 atom stereocenters. The molecule has 0 amide bonds. The number of piperidine rings is 1. The molecule has 2 rings (SSSR count). The molecule has 1 saturated heterocycles. The number of rotatable bonds is 4. The molecule has 1 aliphatic heterocycles. The molecule has 0 radical (unpaired) electrons. The Morgan fingerprint density at radius 2 is 2.12 bits per heavy atom. The molecular weight excluding hydrogens is 202 g/mol. The van der Waals surface area contributed by atoms with Gasteiger partial charge in [0, 0.05) is 6.04 Å². The van der Waals surface area contributed by atoms with E-state index in [4.69, 9.17) is 4.74 Å². The van der Waals surface area contributed by atoms with Gasteiger partial charge in [0.05, 0.1) is 19.3 Å². The average molecular weight is 221 g/mol. The van der Waals surface area contributed by atoms with E-state index in [0.717, 1.165) is 19.4 Å². The summed E-state index contributed by atoms with van der Waals surface area (Å²) in [5.74, 6) is 0. The molecule has 0 aromatic heterocycles. The van der Waals surface area contributed by atoms with Crippen molar-refractivity contribution in [1.29, 1.82) is 0 Å². The molecule has 0 aliphatic carbocycles. The highest BCUT2D eigenvalue weighted by atomic mass is 16.5. The normalized spacial score (nSPS) is 25.6. The fourth-order valence-corrected chi connectivity index (χ4v) is 2.00. The highest BCUT2D eigenvalue weighted by Gasteiger charge is 2.19. The molecule has 2 unspecified atom stereocenters. The van der Waals surface area contributed by atoms with E-state index >= 15 is 0 Å². The van der Waals surface area contributed by atoms with Crippen molar-refractivity contribution in [2.24, 2.45) is 0 Å². The summed E-state index contributed by atoms with van der Waals surface area (Å²) in [5, 5.41) is 12.9. The molecule has 0 saturated carbocycles. The molecule has 16 heavy (non-hydrogen) atoms. The third-order valence-corrected chi connectivity index (χ3v) is 2.90. The van der Waals surface area contributed by atoms with E-state index in [-0.39, 0.29) is 6.10 Å². The second-order valence-corrected chi connectivity index (χ2v) is 4.33. The standard InChI is InChI=1S/C13H19NO2/c15-13-6-7-14-12(8-13)10-16-9-11-4-2-1-3-5-11/h1-5,12-15H,6-10H2. The quantitative estimate of drug-likeness (QED) is 0.805. The van der Waals surface area contributed by atoms with Crippen LogP contribution in [0.5, 0.6) is 0 Å². The summed E-state index contributed by atoms with van der Waals surface area (Å²) in [6.07, 6.45) is 1.50. The van der Waals surface area contributed by atoms with Gasteiger partial charge in [-0.2, -0.15) is 0 Å². The van der Waals surface area contributed by atoms with Crippen LogP contribution < -0.4 is 5.32 Å². The Morgan fingerprint density at radius 3 is 2.88 bits per heavy atom. The van der Waals surface area contributed by atoms with Crippen molar-refractivity contribution in [1.82, 2.24) is 5.32 Å². The van der Waals surface area contributed by atoms with Crippen molar-refractivity contribution in [3.05, 3.63) is 35.9 Å². The molecule has 88 valence electrons. The molecule has 3 nitrogen and oxygen atoms in total. The van der Waals surface area contributed by atoms with E-state index in [9.17, 15) is 5.11 Å². The minimum absolute atomic E-state index is 0.161. The molecule has 0 spiro atoms. The van der Waals surface area contributed by atoms with Crippen LogP contribution in [-0.2, 0) is 11.3 Å². The molecule has 1 fully saturated rings. The lowest BCUT2D eigenvalue weighted by atomic mass is 10.0. The van der Waals surface area contributed by atoms with Gasteiger partial charge in [0.2, 0.25) is 0 Å². The smallest absolute Gasteiger partial charge is 0.0717 e. The van der Waals surface area contributed by atoms with Crippen LogP contribution in [0.1, 0.15) is 18.4 Å². The van der Waals surface area contributed by atoms with Crippen LogP contribution in [0.3, 0.4) is 0 Å². The second-order valence-electron chi connectivity index (χ2n) is 4.33. The Bertz CT molecular complexity index is 302. The Kier molecular flexibility index (Phi) is 4.34. The van der Waals surface area contributed by atoms with E-state index in [1.54, 1.807) is 0 Å². The van der Waals surface area contributed by atoms with Gasteiger partial charge in [-0.1, -0.05) is 30.3 Å². The van der Waals surface area contributed by atoms with Crippen molar-refractivity contribution < 1.29 is 9.84 Å². The summed E-state index contributed by atoms with van der Waals surface area (Å²) in [4.78, 5) is 0. The van der Waals surface area contributed by atoms with Crippen molar-refractivity contribution in [2.45, 2.75) is 31.6 Å². The van der Waals surface area contributed by atoms with Crippen LogP contribution in [0.15, 0.2) is 30.3 Å². The van der Waals surface area contributed by atoms with E-state index in [2.05, 4.69) is 17.4 Å². The average Bonchev–Trinajstić information content (AvgIpc) is 2.30. The van der Waals surface area contributed by atoms with E-state index in [1.165, 1.54) is 5.56 Å². The van der Waals surface area contributed by atoms with Gasteiger partial charge in [0.1, 0.15) is 0 Å². The first-order chi connectivity index (χ1) is 7.84. The van der Waals surface area contributed by atoms with Crippen molar-refractivity contribution in [3.8, 4) is 0 Å². The van der Waals surface area contributed by atoms with Crippen molar-refractivity contribution in [3.63, 3.8) is 0 Å². The number of aliphatic hydroxyl groups excluding tert-OH is 1. The minimum atomic E-state index is -0.161. The molecule has 1 aliphatic rings. The lowest BCUT2D eigenvalue weighted by molar-refractivity contribution is 0.0547. The number of benzene rings is 1. The third kappa shape index (κ3) is 3.59. The summed E-state index contributed by atoms with van der Waals surface area (Å²) < 4.78 is 5.63. The van der Waals surface area contributed by atoms with Crippen LogP contribution in [0.4, 0.5) is 0 Å². The summed E-state index contributed by atoms with van der Waals surface area (Å²) in [6, 6.07) is 10.4. The molecule has 1 aromatic carbocycles. The topological polar surface area (TPSA) is 41.5 Å². The number of aliphatic hydroxyl groups is 1. The third-order valence-electron chi connectivity index (χ3n) is 2.90. The largest absolute Gasteiger partial charge is 0.393 e. The van der Waals surface area contributed by atoms with Crippen molar-refractivity contribution >= 4 is 0 Å². The van der Waals surface area contributed by atoms with E-state index in [0.29, 0.717) is 19.3 Å². The van der Waals surface area contributed by atoms with Gasteiger partial charge in [0.25, 0.3) is 0 Å². The van der Waals surface area contributed by atoms with E-state index < -0.39 is 0 Å². The molecular formula is C13H19NO2. The van der Waals surface area contributed by atoms with Crippen molar-refractivity contribution in [2.75, 3.05) is 13.2 Å². The molecule has 3 heteroatoms. The summed E-state index contributed by atoms with van der Waals surface area (Å²) in [6.45, 7) is 2.21. The predicted octanol–water partition coefficient (Wildman–Crippen LogP) is 1.32. The van der Waals surface area contributed by atoms with Gasteiger partial charge in [-0.25, -0.2) is 0 Å². The van der Waals surface area contributed by atoms with Gasteiger partial charge in [-0.15, -0.1) is 0 Å². The number of hydrogen-bond donors (Lipinski definition) is 2. The Labute approximate surface area is 96.4 Å². The zero-order chi connectivity index (χ0) is 11.2. The fraction of sp³-hybridized carbons (Fsp3) is 0.538. The Balaban J connectivity index is 1.68. The van der Waals surface area contributed by atoms with Crippen LogP contribution >= 0.6 is 0 Å². The number of ether oxygens (including phenoxy) is 1. The number of hydrogen-bond acceptors (Lipinski definition) is 3. The van der Waals surface area contributed by atoms with Crippen LogP contribution in [0, 0.1) is 0 Å². The Morgan fingerprint density at radius 1 is 1.31 bits per heavy atom.